The van der Waals surface area contributed by atoms with Gasteiger partial charge in [0.1, 0.15) is 30.0 Å². The summed E-state index contributed by atoms with van der Waals surface area (Å²) in [6, 6.07) is 9.74. The van der Waals surface area contributed by atoms with Crippen molar-refractivity contribution in [1.82, 2.24) is 14.9 Å². The van der Waals surface area contributed by atoms with Crippen LogP contribution in [0.3, 0.4) is 0 Å². The van der Waals surface area contributed by atoms with Crippen molar-refractivity contribution in [2.45, 2.75) is 25.2 Å². The van der Waals surface area contributed by atoms with E-state index in [4.69, 9.17) is 19.4 Å². The average Bonchev–Trinajstić information content (AvgIpc) is 3.34. The third-order valence-corrected chi connectivity index (χ3v) is 6.09. The second-order valence-electron chi connectivity index (χ2n) is 7.93. The number of carboxylic acid groups (broad SMARTS) is 1. The largest absolute Gasteiger partial charge is 0.494 e. The molecule has 2 N–H and O–H groups in total. The summed E-state index contributed by atoms with van der Waals surface area (Å²) >= 11 is 1.52. The Morgan fingerprint density at radius 3 is 2.51 bits per heavy atom. The van der Waals surface area contributed by atoms with Crippen LogP contribution >= 0.6 is 11.3 Å². The summed E-state index contributed by atoms with van der Waals surface area (Å²) in [7, 11) is 1.63. The maximum Gasteiger partial charge on any atom is 0.490 e. The van der Waals surface area contributed by atoms with E-state index in [0.717, 1.165) is 53.2 Å². The van der Waals surface area contributed by atoms with E-state index in [9.17, 15) is 17.6 Å². The first kappa shape index (κ1) is 28.1. The molecule has 0 unspecified atom stereocenters. The van der Waals surface area contributed by atoms with Crippen LogP contribution in [0.4, 0.5) is 28.4 Å². The number of halogens is 4. The summed E-state index contributed by atoms with van der Waals surface area (Å²) in [6.07, 6.45) is -1.06. The topological polar surface area (TPSA) is 96.8 Å². The van der Waals surface area contributed by atoms with Crippen molar-refractivity contribution in [3.63, 3.8) is 0 Å². The van der Waals surface area contributed by atoms with Crippen molar-refractivity contribution in [1.29, 1.82) is 0 Å². The molecule has 0 spiro atoms. The van der Waals surface area contributed by atoms with Gasteiger partial charge in [-0.3, -0.25) is 9.88 Å². The van der Waals surface area contributed by atoms with E-state index >= 15 is 0 Å². The molecule has 2 aromatic heterocycles. The minimum Gasteiger partial charge on any atom is -0.494 e. The van der Waals surface area contributed by atoms with Crippen LogP contribution in [0.1, 0.15) is 12.8 Å². The lowest BCUT2D eigenvalue weighted by atomic mass is 10.1. The predicted octanol–water partition coefficient (Wildman–Crippen LogP) is 5.40. The summed E-state index contributed by atoms with van der Waals surface area (Å²) in [4.78, 5) is 19.9. The third kappa shape index (κ3) is 8.86. The summed E-state index contributed by atoms with van der Waals surface area (Å²) in [6.45, 7) is 3.06. The summed E-state index contributed by atoms with van der Waals surface area (Å²) in [5.41, 5.74) is 2.70. The van der Waals surface area contributed by atoms with Gasteiger partial charge in [0, 0.05) is 42.8 Å². The Labute approximate surface area is 214 Å². The number of carboxylic acids is 1. The number of ether oxygens (including phenoxy) is 2. The number of carbonyl (C=O) groups is 1. The number of aromatic nitrogens is 2. The Morgan fingerprint density at radius 1 is 1.22 bits per heavy atom. The maximum atomic E-state index is 13.2. The SMILES string of the molecule is COc1ccncc1Nc1nc(-c2ccc(OCCN3CCC(F)CC3)cc2)cs1.O=C(O)C(F)(F)F. The van der Waals surface area contributed by atoms with Crippen molar-refractivity contribution in [3.05, 3.63) is 48.1 Å². The van der Waals surface area contributed by atoms with Gasteiger partial charge in [0.25, 0.3) is 0 Å². The first-order chi connectivity index (χ1) is 17.7. The molecule has 1 saturated heterocycles. The third-order valence-electron chi connectivity index (χ3n) is 5.33. The fourth-order valence-electron chi connectivity index (χ4n) is 3.37. The first-order valence-corrected chi connectivity index (χ1v) is 12.1. The molecule has 1 aliphatic heterocycles. The zero-order valence-corrected chi connectivity index (χ0v) is 20.7. The fraction of sp³-hybridized carbons (Fsp3) is 0.375. The summed E-state index contributed by atoms with van der Waals surface area (Å²) in [5, 5.41) is 13.2. The molecule has 0 radical (unpaired) electrons. The molecule has 0 amide bonds. The number of hydrogen-bond donors (Lipinski definition) is 2. The van der Waals surface area contributed by atoms with Crippen LogP contribution < -0.4 is 14.8 Å². The highest BCUT2D eigenvalue weighted by molar-refractivity contribution is 7.14. The molecule has 1 fully saturated rings. The monoisotopic (exact) mass is 542 g/mol. The van der Waals surface area contributed by atoms with Gasteiger partial charge in [0.15, 0.2) is 5.13 Å². The Hall–Kier alpha value is -3.45. The number of nitrogens with zero attached hydrogens (tertiary/aromatic N) is 3. The summed E-state index contributed by atoms with van der Waals surface area (Å²) in [5.74, 6) is -1.21. The number of thiazole rings is 1. The van der Waals surface area contributed by atoms with Crippen molar-refractivity contribution in [3.8, 4) is 22.8 Å². The number of benzene rings is 1. The average molecular weight is 543 g/mol. The molecule has 8 nitrogen and oxygen atoms in total. The zero-order chi connectivity index (χ0) is 26.8. The van der Waals surface area contributed by atoms with Crippen molar-refractivity contribution >= 4 is 28.1 Å². The number of alkyl halides is 4. The number of hydrogen-bond acceptors (Lipinski definition) is 8. The van der Waals surface area contributed by atoms with E-state index in [1.807, 2.05) is 29.6 Å². The number of nitrogens with one attached hydrogen (secondary N) is 1. The highest BCUT2D eigenvalue weighted by atomic mass is 32.1. The molecular formula is C24H26F4N4O4S. The van der Waals surface area contributed by atoms with Crippen LogP contribution in [-0.2, 0) is 4.79 Å². The highest BCUT2D eigenvalue weighted by Crippen LogP contribution is 2.31. The molecule has 3 heterocycles. The van der Waals surface area contributed by atoms with Crippen molar-refractivity contribution in [2.75, 3.05) is 38.7 Å². The van der Waals surface area contributed by atoms with Gasteiger partial charge >= 0.3 is 12.1 Å². The van der Waals surface area contributed by atoms with Crippen molar-refractivity contribution in [2.24, 2.45) is 0 Å². The normalized spacial score (nSPS) is 14.4. The van der Waals surface area contributed by atoms with Gasteiger partial charge in [-0.05, 0) is 37.1 Å². The molecule has 4 rings (SSSR count). The number of likely N-dealkylation sites (tertiary alicyclic amines) is 1. The minimum absolute atomic E-state index is 0.605. The van der Waals surface area contributed by atoms with Gasteiger partial charge < -0.3 is 19.9 Å². The van der Waals surface area contributed by atoms with Gasteiger partial charge in [-0.1, -0.05) is 0 Å². The molecule has 0 atom stereocenters. The van der Waals surface area contributed by atoms with Gasteiger partial charge in [0.05, 0.1) is 19.0 Å². The maximum absolute atomic E-state index is 13.2. The van der Waals surface area contributed by atoms with Gasteiger partial charge in [-0.15, -0.1) is 11.3 Å². The highest BCUT2D eigenvalue weighted by Gasteiger charge is 2.38. The lowest BCUT2D eigenvalue weighted by Crippen LogP contribution is -2.37. The van der Waals surface area contributed by atoms with Crippen LogP contribution in [0.2, 0.25) is 0 Å². The molecule has 200 valence electrons. The second-order valence-corrected chi connectivity index (χ2v) is 8.79. The molecular weight excluding hydrogens is 516 g/mol. The molecule has 0 bridgehead atoms. The Balaban J connectivity index is 0.000000479. The number of pyridine rings is 1. The van der Waals surface area contributed by atoms with Gasteiger partial charge in [0.2, 0.25) is 0 Å². The fourth-order valence-corrected chi connectivity index (χ4v) is 4.10. The number of aliphatic carboxylic acids is 1. The standard InChI is InChI=1S/C22H25FN4O2S.C2HF3O2/c1-28-21-6-9-24-14-19(21)25-22-26-20(15-30-22)16-2-4-18(5-3-16)29-13-12-27-10-7-17(23)8-11-27;3-2(4,5)1(6)7/h2-6,9,14-15,17H,7-8,10-13H2,1H3,(H,25,26);(H,6,7). The second kappa shape index (κ2) is 13.2. The Kier molecular flexibility index (Phi) is 10.0. The molecule has 1 aromatic carbocycles. The van der Waals surface area contributed by atoms with E-state index in [1.54, 1.807) is 25.6 Å². The Bertz CT molecular complexity index is 1140. The smallest absolute Gasteiger partial charge is 0.490 e. The lowest BCUT2D eigenvalue weighted by Gasteiger charge is -2.28. The molecule has 1 aliphatic rings. The van der Waals surface area contributed by atoms with Gasteiger partial charge in [-0.2, -0.15) is 13.2 Å². The summed E-state index contributed by atoms with van der Waals surface area (Å²) < 4.78 is 56.1. The quantitative estimate of drug-likeness (QED) is 0.365. The van der Waals surface area contributed by atoms with E-state index in [0.29, 0.717) is 19.4 Å². The molecule has 0 aliphatic carbocycles. The van der Waals surface area contributed by atoms with Crippen LogP contribution in [0.25, 0.3) is 11.3 Å². The van der Waals surface area contributed by atoms with Crippen LogP contribution in [0.5, 0.6) is 11.5 Å². The number of rotatable bonds is 8. The minimum atomic E-state index is -5.08. The van der Waals surface area contributed by atoms with Crippen LogP contribution in [0, 0.1) is 0 Å². The molecule has 37 heavy (non-hydrogen) atoms. The first-order valence-electron chi connectivity index (χ1n) is 11.3. The zero-order valence-electron chi connectivity index (χ0n) is 19.9. The molecule has 0 saturated carbocycles. The van der Waals surface area contributed by atoms with Gasteiger partial charge in [-0.25, -0.2) is 14.2 Å². The number of methoxy groups -OCH3 is 1. The predicted molar refractivity (Wildman–Crippen MR) is 131 cm³/mol. The lowest BCUT2D eigenvalue weighted by molar-refractivity contribution is -0.192. The molecule has 13 heteroatoms. The van der Waals surface area contributed by atoms with Crippen LogP contribution in [-0.4, -0.2) is 71.6 Å². The Morgan fingerprint density at radius 2 is 1.89 bits per heavy atom. The number of piperidine rings is 1. The molecule has 3 aromatic rings. The van der Waals surface area contributed by atoms with Crippen LogP contribution in [0.15, 0.2) is 48.1 Å². The van der Waals surface area contributed by atoms with E-state index in [1.165, 1.54) is 11.3 Å². The van der Waals surface area contributed by atoms with E-state index in [-0.39, 0.29) is 0 Å². The van der Waals surface area contributed by atoms with E-state index < -0.39 is 18.3 Å². The van der Waals surface area contributed by atoms with Crippen molar-refractivity contribution < 1.29 is 36.9 Å². The number of anilines is 2. The van der Waals surface area contributed by atoms with E-state index in [2.05, 4.69) is 20.2 Å².